The van der Waals surface area contributed by atoms with Gasteiger partial charge in [0.15, 0.2) is 0 Å². The predicted molar refractivity (Wildman–Crippen MR) is 75.3 cm³/mol. The van der Waals surface area contributed by atoms with Crippen LogP contribution in [0, 0.1) is 11.3 Å². The molecule has 0 aliphatic rings. The highest BCUT2D eigenvalue weighted by Gasteiger charge is 2.23. The van der Waals surface area contributed by atoms with Crippen molar-refractivity contribution in [1.29, 1.82) is 5.26 Å². The van der Waals surface area contributed by atoms with Gasteiger partial charge in [-0.1, -0.05) is 24.3 Å². The van der Waals surface area contributed by atoms with Gasteiger partial charge >= 0.3 is 5.97 Å². The van der Waals surface area contributed by atoms with Crippen molar-refractivity contribution < 1.29 is 18.3 Å². The zero-order chi connectivity index (χ0) is 16.3. The number of esters is 1. The number of hydrogen-bond donors (Lipinski definition) is 0. The lowest BCUT2D eigenvalue weighted by molar-refractivity contribution is 0.0175. The van der Waals surface area contributed by atoms with Crippen molar-refractivity contribution >= 4 is 5.97 Å². The Labute approximate surface area is 126 Å². The molecule has 112 valence electrons. The van der Waals surface area contributed by atoms with Gasteiger partial charge in [0.25, 0.3) is 5.92 Å². The van der Waals surface area contributed by atoms with Crippen LogP contribution in [0.25, 0.3) is 11.3 Å². The van der Waals surface area contributed by atoms with E-state index >= 15 is 0 Å². The van der Waals surface area contributed by atoms with E-state index in [1.54, 1.807) is 0 Å². The zero-order valence-electron chi connectivity index (χ0n) is 11.9. The number of alkyl halides is 2. The second-order valence-electron chi connectivity index (χ2n) is 4.68. The minimum absolute atomic E-state index is 0.0606. The zero-order valence-corrected chi connectivity index (χ0v) is 11.9. The van der Waals surface area contributed by atoms with Crippen molar-refractivity contribution in [2.45, 2.75) is 12.8 Å². The lowest BCUT2D eigenvalue weighted by Gasteiger charge is -2.11. The molecular formula is C16H12F2N2O2. The molecule has 0 saturated carbocycles. The summed E-state index contributed by atoms with van der Waals surface area (Å²) in [6.07, 6.45) is 1.24. The summed E-state index contributed by atoms with van der Waals surface area (Å²) in [5, 5.41) is 9.10. The molecule has 0 spiro atoms. The van der Waals surface area contributed by atoms with Crippen LogP contribution in [0.3, 0.4) is 0 Å². The molecular weight excluding hydrogens is 290 g/mol. The molecule has 22 heavy (non-hydrogen) atoms. The van der Waals surface area contributed by atoms with Gasteiger partial charge in [0.1, 0.15) is 6.07 Å². The Hall–Kier alpha value is -2.81. The molecule has 0 unspecified atom stereocenters. The molecule has 2 rings (SSSR count). The molecule has 0 N–H and O–H groups in total. The Morgan fingerprint density at radius 2 is 1.95 bits per heavy atom. The first-order chi connectivity index (χ1) is 10.4. The molecule has 0 atom stereocenters. The first-order valence-corrected chi connectivity index (χ1v) is 6.34. The van der Waals surface area contributed by atoms with E-state index in [0.29, 0.717) is 11.3 Å². The largest absolute Gasteiger partial charge is 0.465 e. The number of carbonyl (C=O) groups excluding carboxylic acids is 1. The fourth-order valence-corrected chi connectivity index (χ4v) is 1.91. The van der Waals surface area contributed by atoms with E-state index in [4.69, 9.17) is 5.26 Å². The second kappa shape index (κ2) is 5.90. The summed E-state index contributed by atoms with van der Waals surface area (Å²) >= 11 is 0. The van der Waals surface area contributed by atoms with E-state index in [9.17, 15) is 13.6 Å². The molecule has 2 aromatic rings. The van der Waals surface area contributed by atoms with Crippen molar-refractivity contribution in [1.82, 2.24) is 4.98 Å². The number of hydrogen-bond acceptors (Lipinski definition) is 4. The Bertz CT molecular complexity index is 744. The fourth-order valence-electron chi connectivity index (χ4n) is 1.91. The smallest absolute Gasteiger partial charge is 0.340 e. The van der Waals surface area contributed by atoms with Crippen LogP contribution in [0.1, 0.15) is 28.4 Å². The molecule has 1 aromatic heterocycles. The number of nitrogens with zero attached hydrogens (tertiary/aromatic N) is 2. The topological polar surface area (TPSA) is 63.0 Å². The van der Waals surface area contributed by atoms with Crippen LogP contribution in [0.2, 0.25) is 0 Å². The van der Waals surface area contributed by atoms with Gasteiger partial charge < -0.3 is 4.74 Å². The van der Waals surface area contributed by atoms with E-state index in [1.165, 1.54) is 43.6 Å². The minimum atomic E-state index is -2.92. The number of ether oxygens (including phenoxy) is 1. The highest BCUT2D eigenvalue weighted by Crippen LogP contribution is 2.29. The normalized spacial score (nSPS) is 10.9. The van der Waals surface area contributed by atoms with Crippen LogP contribution < -0.4 is 0 Å². The Morgan fingerprint density at radius 1 is 1.32 bits per heavy atom. The number of methoxy groups -OCH3 is 1. The monoisotopic (exact) mass is 302 g/mol. The first-order valence-electron chi connectivity index (χ1n) is 6.34. The van der Waals surface area contributed by atoms with Crippen LogP contribution in [-0.2, 0) is 10.7 Å². The van der Waals surface area contributed by atoms with Gasteiger partial charge in [-0.15, -0.1) is 0 Å². The van der Waals surface area contributed by atoms with Crippen LogP contribution in [0.15, 0.2) is 36.5 Å². The van der Waals surface area contributed by atoms with Crippen LogP contribution in [0.5, 0.6) is 0 Å². The summed E-state index contributed by atoms with van der Waals surface area (Å²) < 4.78 is 30.9. The highest BCUT2D eigenvalue weighted by atomic mass is 19.3. The third kappa shape index (κ3) is 3.09. The van der Waals surface area contributed by atoms with E-state index in [2.05, 4.69) is 9.72 Å². The lowest BCUT2D eigenvalue weighted by Crippen LogP contribution is -2.07. The summed E-state index contributed by atoms with van der Waals surface area (Å²) in [5.74, 6) is -3.57. The Kier molecular flexibility index (Phi) is 4.18. The molecule has 0 radical (unpaired) electrons. The predicted octanol–water partition coefficient (Wildman–Crippen LogP) is 3.52. The number of benzene rings is 1. The van der Waals surface area contributed by atoms with E-state index in [1.807, 2.05) is 6.07 Å². The molecule has 6 heteroatoms. The molecule has 0 fully saturated rings. The summed E-state index contributed by atoms with van der Waals surface area (Å²) in [6.45, 7) is 0.819. The van der Waals surface area contributed by atoms with Crippen molar-refractivity contribution in [2.24, 2.45) is 0 Å². The second-order valence-corrected chi connectivity index (χ2v) is 4.68. The quantitative estimate of drug-likeness (QED) is 0.814. The number of aromatic nitrogens is 1. The van der Waals surface area contributed by atoms with E-state index in [0.717, 1.165) is 6.92 Å². The maximum atomic E-state index is 13.2. The average molecular weight is 302 g/mol. The Morgan fingerprint density at radius 3 is 2.45 bits per heavy atom. The third-order valence-electron chi connectivity index (χ3n) is 3.12. The van der Waals surface area contributed by atoms with Gasteiger partial charge in [-0.25, -0.2) is 13.6 Å². The summed E-state index contributed by atoms with van der Waals surface area (Å²) in [7, 11) is 1.21. The molecule has 0 aliphatic heterocycles. The lowest BCUT2D eigenvalue weighted by atomic mass is 10.0. The maximum absolute atomic E-state index is 13.2. The first kappa shape index (κ1) is 15.6. The maximum Gasteiger partial charge on any atom is 0.340 e. The van der Waals surface area contributed by atoms with Gasteiger partial charge in [-0.05, 0) is 6.07 Å². The SMILES string of the molecule is COC(=O)c1cnc(-c2ccc(C(C)(F)F)cc2)cc1C#N. The Balaban J connectivity index is 2.42. The van der Waals surface area contributed by atoms with Gasteiger partial charge in [-0.2, -0.15) is 5.26 Å². The van der Waals surface area contributed by atoms with Crippen LogP contribution >= 0.6 is 0 Å². The number of rotatable bonds is 3. The van der Waals surface area contributed by atoms with Crippen molar-refractivity contribution in [3.8, 4) is 17.3 Å². The van der Waals surface area contributed by atoms with Crippen molar-refractivity contribution in [3.63, 3.8) is 0 Å². The van der Waals surface area contributed by atoms with Crippen LogP contribution in [0.4, 0.5) is 8.78 Å². The van der Waals surface area contributed by atoms with E-state index < -0.39 is 11.9 Å². The third-order valence-corrected chi connectivity index (χ3v) is 3.12. The fraction of sp³-hybridized carbons (Fsp3) is 0.188. The molecule has 1 aromatic carbocycles. The molecule has 0 bridgehead atoms. The number of nitriles is 1. The van der Waals surface area contributed by atoms with Gasteiger partial charge in [0.2, 0.25) is 0 Å². The average Bonchev–Trinajstić information content (AvgIpc) is 2.52. The van der Waals surface area contributed by atoms with Gasteiger partial charge in [0, 0.05) is 24.2 Å². The summed E-state index contributed by atoms with van der Waals surface area (Å²) in [4.78, 5) is 15.6. The number of halogens is 2. The van der Waals surface area contributed by atoms with Crippen molar-refractivity contribution in [3.05, 3.63) is 53.2 Å². The van der Waals surface area contributed by atoms with Crippen LogP contribution in [-0.4, -0.2) is 18.1 Å². The number of carbonyl (C=O) groups is 1. The van der Waals surface area contributed by atoms with Gasteiger partial charge in [0.05, 0.1) is 23.9 Å². The molecule has 4 nitrogen and oxygen atoms in total. The van der Waals surface area contributed by atoms with Crippen molar-refractivity contribution in [2.75, 3.05) is 7.11 Å². The molecule has 0 amide bonds. The molecule has 0 saturated heterocycles. The standard InChI is InChI=1S/C16H12F2N2O2/c1-16(17,18)12-5-3-10(4-6-12)14-7-11(8-19)13(9-20-14)15(21)22-2/h3-7,9H,1-2H3. The van der Waals surface area contributed by atoms with E-state index in [-0.39, 0.29) is 16.7 Å². The van der Waals surface area contributed by atoms with Gasteiger partial charge in [-0.3, -0.25) is 4.98 Å². The molecule has 0 aliphatic carbocycles. The molecule has 1 heterocycles. The minimum Gasteiger partial charge on any atom is -0.465 e. The summed E-state index contributed by atoms with van der Waals surface area (Å²) in [6, 6.07) is 8.91. The number of pyridine rings is 1. The summed E-state index contributed by atoms with van der Waals surface area (Å²) in [5.41, 5.74) is 1.05. The highest BCUT2D eigenvalue weighted by molar-refractivity contribution is 5.92.